The van der Waals surface area contributed by atoms with Gasteiger partial charge in [-0.2, -0.15) is 0 Å². The number of hydrogen-bond donors (Lipinski definition) is 2. The molecule has 2 aliphatic rings. The van der Waals surface area contributed by atoms with Crippen molar-refractivity contribution in [1.82, 2.24) is 4.90 Å². The highest BCUT2D eigenvalue weighted by molar-refractivity contribution is 4.89. The quantitative estimate of drug-likeness (QED) is 0.759. The minimum Gasteiger partial charge on any atom is -0.390 e. The molecule has 0 amide bonds. The first kappa shape index (κ1) is 14.3. The first-order valence-electron chi connectivity index (χ1n) is 7.70. The Morgan fingerprint density at radius 1 is 1.00 bits per heavy atom. The summed E-state index contributed by atoms with van der Waals surface area (Å²) in [5.41, 5.74) is 6.03. The average molecular weight is 254 g/mol. The summed E-state index contributed by atoms with van der Waals surface area (Å²) in [5.74, 6) is 0. The number of nitrogens with two attached hydrogens (primary N) is 1. The third-order valence-corrected chi connectivity index (χ3v) is 5.09. The summed E-state index contributed by atoms with van der Waals surface area (Å²) in [6.45, 7) is 6.03. The first-order valence-corrected chi connectivity index (χ1v) is 7.70. The van der Waals surface area contributed by atoms with Crippen LogP contribution in [0, 0.1) is 5.41 Å². The summed E-state index contributed by atoms with van der Waals surface area (Å²) in [6, 6.07) is 0. The van der Waals surface area contributed by atoms with Crippen LogP contribution in [0.2, 0.25) is 0 Å². The highest BCUT2D eigenvalue weighted by atomic mass is 16.3. The van der Waals surface area contributed by atoms with E-state index in [0.717, 1.165) is 39.0 Å². The molecule has 1 saturated carbocycles. The van der Waals surface area contributed by atoms with Gasteiger partial charge in [0.15, 0.2) is 0 Å². The zero-order valence-corrected chi connectivity index (χ0v) is 12.0. The number of likely N-dealkylation sites (tertiary alicyclic amines) is 1. The Balaban J connectivity index is 1.90. The molecule has 1 saturated heterocycles. The fraction of sp³-hybridized carbons (Fsp3) is 1.00. The van der Waals surface area contributed by atoms with Crippen LogP contribution in [0.1, 0.15) is 58.3 Å². The van der Waals surface area contributed by atoms with Gasteiger partial charge in [0.25, 0.3) is 0 Å². The second-order valence-corrected chi connectivity index (χ2v) is 6.89. The van der Waals surface area contributed by atoms with Gasteiger partial charge in [0, 0.05) is 19.6 Å². The van der Waals surface area contributed by atoms with Crippen LogP contribution in [-0.4, -0.2) is 41.8 Å². The zero-order chi connectivity index (χ0) is 13.1. The lowest BCUT2D eigenvalue weighted by Gasteiger charge is -2.42. The van der Waals surface area contributed by atoms with E-state index >= 15 is 0 Å². The van der Waals surface area contributed by atoms with Crippen molar-refractivity contribution in [3.05, 3.63) is 0 Å². The van der Waals surface area contributed by atoms with Crippen molar-refractivity contribution in [3.8, 4) is 0 Å². The van der Waals surface area contributed by atoms with Crippen LogP contribution in [-0.2, 0) is 0 Å². The molecule has 2 fully saturated rings. The standard InChI is InChI=1S/C15H30N2O/c1-14(18)8-10-17(11-9-14)13-15(12-16)6-4-2-3-5-7-15/h18H,2-13,16H2,1H3. The number of piperidine rings is 1. The Labute approximate surface area is 112 Å². The molecule has 3 nitrogen and oxygen atoms in total. The minimum absolute atomic E-state index is 0.361. The van der Waals surface area contributed by atoms with Crippen molar-refractivity contribution in [2.24, 2.45) is 11.1 Å². The Kier molecular flexibility index (Phi) is 4.68. The first-order chi connectivity index (χ1) is 8.55. The number of rotatable bonds is 3. The lowest BCUT2D eigenvalue weighted by molar-refractivity contribution is -0.0168. The van der Waals surface area contributed by atoms with E-state index < -0.39 is 5.60 Å². The van der Waals surface area contributed by atoms with E-state index in [9.17, 15) is 5.11 Å². The predicted octanol–water partition coefficient (Wildman–Crippen LogP) is 2.13. The highest BCUT2D eigenvalue weighted by Gasteiger charge is 2.34. The molecule has 106 valence electrons. The third kappa shape index (κ3) is 3.69. The van der Waals surface area contributed by atoms with Crippen LogP contribution in [0.15, 0.2) is 0 Å². The van der Waals surface area contributed by atoms with Gasteiger partial charge in [0.2, 0.25) is 0 Å². The fourth-order valence-corrected chi connectivity index (χ4v) is 3.57. The molecule has 1 heterocycles. The van der Waals surface area contributed by atoms with Crippen molar-refractivity contribution in [2.45, 2.75) is 63.9 Å². The summed E-state index contributed by atoms with van der Waals surface area (Å²) in [4.78, 5) is 2.54. The van der Waals surface area contributed by atoms with Crippen LogP contribution in [0.5, 0.6) is 0 Å². The predicted molar refractivity (Wildman–Crippen MR) is 75.5 cm³/mol. The van der Waals surface area contributed by atoms with Crippen molar-refractivity contribution < 1.29 is 5.11 Å². The molecule has 2 rings (SSSR count). The monoisotopic (exact) mass is 254 g/mol. The zero-order valence-electron chi connectivity index (χ0n) is 12.0. The van der Waals surface area contributed by atoms with Gasteiger partial charge in [-0.3, -0.25) is 0 Å². The molecule has 1 aliphatic carbocycles. The molecular weight excluding hydrogens is 224 g/mol. The highest BCUT2D eigenvalue weighted by Crippen LogP contribution is 2.36. The van der Waals surface area contributed by atoms with Crippen LogP contribution in [0.4, 0.5) is 0 Å². The van der Waals surface area contributed by atoms with Crippen molar-refractivity contribution in [2.75, 3.05) is 26.2 Å². The average Bonchev–Trinajstić information content (AvgIpc) is 2.58. The van der Waals surface area contributed by atoms with Gasteiger partial charge in [-0.15, -0.1) is 0 Å². The number of hydrogen-bond acceptors (Lipinski definition) is 3. The maximum absolute atomic E-state index is 10.0. The molecule has 0 spiro atoms. The molecule has 0 aromatic heterocycles. The van der Waals surface area contributed by atoms with E-state index in [-0.39, 0.29) is 0 Å². The molecule has 0 bridgehead atoms. The van der Waals surface area contributed by atoms with Crippen LogP contribution in [0.3, 0.4) is 0 Å². The van der Waals surface area contributed by atoms with Crippen molar-refractivity contribution in [3.63, 3.8) is 0 Å². The van der Waals surface area contributed by atoms with E-state index in [1.807, 2.05) is 6.92 Å². The van der Waals surface area contributed by atoms with E-state index in [4.69, 9.17) is 5.73 Å². The smallest absolute Gasteiger partial charge is 0.0644 e. The van der Waals surface area contributed by atoms with Gasteiger partial charge in [0.05, 0.1) is 5.60 Å². The van der Waals surface area contributed by atoms with E-state index in [0.29, 0.717) is 5.41 Å². The van der Waals surface area contributed by atoms with Crippen LogP contribution < -0.4 is 5.73 Å². The molecule has 0 aromatic rings. The summed E-state index contributed by atoms with van der Waals surface area (Å²) < 4.78 is 0. The van der Waals surface area contributed by atoms with Gasteiger partial charge < -0.3 is 15.7 Å². The van der Waals surface area contributed by atoms with Crippen LogP contribution in [0.25, 0.3) is 0 Å². The maximum atomic E-state index is 10.0. The minimum atomic E-state index is -0.435. The Morgan fingerprint density at radius 2 is 1.56 bits per heavy atom. The van der Waals surface area contributed by atoms with E-state index in [1.165, 1.54) is 38.5 Å². The largest absolute Gasteiger partial charge is 0.390 e. The summed E-state index contributed by atoms with van der Waals surface area (Å²) in [5, 5.41) is 10.0. The lowest BCUT2D eigenvalue weighted by atomic mass is 9.79. The SMILES string of the molecule is CC1(O)CCN(CC2(CN)CCCCCC2)CC1. The molecule has 0 unspecified atom stereocenters. The topological polar surface area (TPSA) is 49.5 Å². The second kappa shape index (κ2) is 5.89. The molecule has 3 N–H and O–H groups in total. The second-order valence-electron chi connectivity index (χ2n) is 6.89. The number of nitrogens with zero attached hydrogens (tertiary/aromatic N) is 1. The fourth-order valence-electron chi connectivity index (χ4n) is 3.57. The summed E-state index contributed by atoms with van der Waals surface area (Å²) in [6.07, 6.45) is 9.90. The van der Waals surface area contributed by atoms with Gasteiger partial charge in [-0.25, -0.2) is 0 Å². The van der Waals surface area contributed by atoms with Crippen molar-refractivity contribution in [1.29, 1.82) is 0 Å². The molecule has 3 heteroatoms. The Morgan fingerprint density at radius 3 is 2.06 bits per heavy atom. The third-order valence-electron chi connectivity index (χ3n) is 5.09. The van der Waals surface area contributed by atoms with Gasteiger partial charge in [0.1, 0.15) is 0 Å². The van der Waals surface area contributed by atoms with Crippen LogP contribution >= 0.6 is 0 Å². The summed E-state index contributed by atoms with van der Waals surface area (Å²) in [7, 11) is 0. The molecular formula is C15H30N2O. The lowest BCUT2D eigenvalue weighted by Crippen LogP contribution is -2.48. The Hall–Kier alpha value is -0.120. The van der Waals surface area contributed by atoms with Gasteiger partial charge in [-0.1, -0.05) is 25.7 Å². The number of aliphatic hydroxyl groups is 1. The van der Waals surface area contributed by atoms with Gasteiger partial charge >= 0.3 is 0 Å². The molecule has 0 atom stereocenters. The van der Waals surface area contributed by atoms with E-state index in [2.05, 4.69) is 4.90 Å². The normalized spacial score (nSPS) is 28.8. The maximum Gasteiger partial charge on any atom is 0.0644 e. The molecule has 1 aliphatic heterocycles. The molecule has 0 aromatic carbocycles. The summed E-state index contributed by atoms with van der Waals surface area (Å²) >= 11 is 0. The molecule has 18 heavy (non-hydrogen) atoms. The molecule has 0 radical (unpaired) electrons. The van der Waals surface area contributed by atoms with Crippen molar-refractivity contribution >= 4 is 0 Å². The van der Waals surface area contributed by atoms with Gasteiger partial charge in [-0.05, 0) is 44.6 Å². The van der Waals surface area contributed by atoms with E-state index in [1.54, 1.807) is 0 Å². The Bertz CT molecular complexity index is 247.